The number of nitrogens with zero attached hydrogens (tertiary/aromatic N) is 3. The van der Waals surface area contributed by atoms with Crippen molar-refractivity contribution in [3.05, 3.63) is 161 Å². The van der Waals surface area contributed by atoms with Crippen molar-refractivity contribution in [2.24, 2.45) is 4.99 Å². The molecule has 2 N–H and O–H groups in total. The number of aromatic nitrogens is 1. The van der Waals surface area contributed by atoms with Crippen molar-refractivity contribution in [2.75, 3.05) is 25.1 Å². The lowest BCUT2D eigenvalue weighted by Crippen LogP contribution is -2.38. The van der Waals surface area contributed by atoms with Crippen LogP contribution in [0.25, 0.3) is 10.9 Å². The minimum Gasteiger partial charge on any atom is -0.494 e. The van der Waals surface area contributed by atoms with Crippen LogP contribution in [0.4, 0.5) is 11.4 Å². The monoisotopic (exact) mass is 650 g/mol. The molecule has 0 radical (unpaired) electrons. The van der Waals surface area contributed by atoms with Crippen molar-refractivity contribution in [3.63, 3.8) is 0 Å². The van der Waals surface area contributed by atoms with Crippen molar-refractivity contribution < 1.29 is 19.4 Å². The molecule has 8 heteroatoms. The van der Waals surface area contributed by atoms with E-state index in [1.165, 1.54) is 0 Å². The summed E-state index contributed by atoms with van der Waals surface area (Å²) in [6, 6.07) is 42.4. The van der Waals surface area contributed by atoms with E-state index in [0.717, 1.165) is 22.4 Å². The molecule has 0 saturated carbocycles. The molecule has 0 saturated heterocycles. The average molecular weight is 651 g/mol. The van der Waals surface area contributed by atoms with E-state index in [9.17, 15) is 14.7 Å². The molecule has 49 heavy (non-hydrogen) atoms. The highest BCUT2D eigenvalue weighted by molar-refractivity contribution is 6.22. The molecule has 0 bridgehead atoms. The van der Waals surface area contributed by atoms with Crippen LogP contribution in [0, 0.1) is 0 Å². The van der Waals surface area contributed by atoms with Crippen LogP contribution in [0.5, 0.6) is 5.88 Å². The Morgan fingerprint density at radius 2 is 1.37 bits per heavy atom. The molecule has 0 fully saturated rings. The van der Waals surface area contributed by atoms with Gasteiger partial charge >= 0.3 is 5.97 Å². The summed E-state index contributed by atoms with van der Waals surface area (Å²) in [5.41, 5.74) is 6.42. The number of hydrogen-bond donors (Lipinski definition) is 2. The minimum absolute atomic E-state index is 0.0191. The van der Waals surface area contributed by atoms with Gasteiger partial charge in [0.05, 0.1) is 42.2 Å². The maximum atomic E-state index is 13.8. The summed E-state index contributed by atoms with van der Waals surface area (Å²) in [4.78, 5) is 38.0. The van der Waals surface area contributed by atoms with Crippen LogP contribution in [0.2, 0.25) is 0 Å². The molecule has 0 aliphatic heterocycles. The number of ether oxygens (including phenoxy) is 1. The Bertz CT molecular complexity index is 2060. The number of likely N-dealkylation sites (N-methyl/N-ethyl adjacent to an activating group) is 1. The summed E-state index contributed by atoms with van der Waals surface area (Å²) in [6.07, 6.45) is 0. The first-order chi connectivity index (χ1) is 23.9. The molecule has 1 amide bonds. The lowest BCUT2D eigenvalue weighted by atomic mass is 10.00. The fourth-order valence-electron chi connectivity index (χ4n) is 5.82. The number of aliphatic imine (C=N–C) groups is 1. The molecular formula is C41H38N4O4. The van der Waals surface area contributed by atoms with Gasteiger partial charge in [-0.1, -0.05) is 97.1 Å². The number of rotatable bonds is 12. The normalized spacial score (nSPS) is 11.5. The average Bonchev–Trinajstić information content (AvgIpc) is 3.45. The van der Waals surface area contributed by atoms with Gasteiger partial charge in [0.2, 0.25) is 5.91 Å². The van der Waals surface area contributed by atoms with E-state index in [-0.39, 0.29) is 24.9 Å². The largest absolute Gasteiger partial charge is 0.494 e. The van der Waals surface area contributed by atoms with E-state index in [1.54, 1.807) is 30.0 Å². The van der Waals surface area contributed by atoms with Gasteiger partial charge < -0.3 is 19.7 Å². The maximum Gasteiger partial charge on any atom is 0.338 e. The van der Waals surface area contributed by atoms with E-state index < -0.39 is 5.97 Å². The summed E-state index contributed by atoms with van der Waals surface area (Å²) in [7, 11) is 1.95. The van der Waals surface area contributed by atoms with Gasteiger partial charge in [0, 0.05) is 28.7 Å². The second kappa shape index (κ2) is 15.3. The molecule has 6 rings (SSSR count). The Balaban J connectivity index is 1.33. The van der Waals surface area contributed by atoms with Gasteiger partial charge in [0.25, 0.3) is 0 Å². The molecule has 0 spiro atoms. The summed E-state index contributed by atoms with van der Waals surface area (Å²) in [6.45, 7) is 3.36. The van der Waals surface area contributed by atoms with Gasteiger partial charge in [0.1, 0.15) is 0 Å². The first kappa shape index (κ1) is 32.9. The van der Waals surface area contributed by atoms with E-state index in [0.29, 0.717) is 46.5 Å². The minimum atomic E-state index is -0.431. The third-order valence-corrected chi connectivity index (χ3v) is 8.16. The predicted molar refractivity (Wildman–Crippen MR) is 195 cm³/mol. The number of anilines is 1. The Labute approximate surface area is 285 Å². The van der Waals surface area contributed by atoms with Crippen LogP contribution in [0.3, 0.4) is 0 Å². The van der Waals surface area contributed by atoms with Crippen molar-refractivity contribution in [2.45, 2.75) is 20.0 Å². The van der Waals surface area contributed by atoms with Gasteiger partial charge in [-0.15, -0.1) is 0 Å². The molecule has 1 heterocycles. The van der Waals surface area contributed by atoms with Gasteiger partial charge in [0.15, 0.2) is 5.88 Å². The van der Waals surface area contributed by atoms with Crippen LogP contribution in [0.1, 0.15) is 39.5 Å². The Hall–Kier alpha value is -5.99. The summed E-state index contributed by atoms with van der Waals surface area (Å²) >= 11 is 0. The SMILES string of the molecule is CCOC(=O)c1ccc2c(C(=Nc3ccc(N(Cc4ccccc4)C(=O)CN(C)Cc4ccccc4)cc3)c3ccccc3)c(O)[nH]c2c1. The smallest absolute Gasteiger partial charge is 0.338 e. The molecule has 1 aromatic heterocycles. The highest BCUT2D eigenvalue weighted by Gasteiger charge is 2.21. The molecule has 246 valence electrons. The van der Waals surface area contributed by atoms with Gasteiger partial charge in [-0.25, -0.2) is 9.79 Å². The number of carbonyl (C=O) groups excluding carboxylic acids is 2. The number of H-pyrrole nitrogens is 1. The fraction of sp³-hybridized carbons (Fsp3) is 0.146. The molecule has 0 unspecified atom stereocenters. The van der Waals surface area contributed by atoms with Gasteiger partial charge in [-0.05, 0) is 61.5 Å². The Morgan fingerprint density at radius 1 is 0.755 bits per heavy atom. The zero-order valence-electron chi connectivity index (χ0n) is 27.5. The summed E-state index contributed by atoms with van der Waals surface area (Å²) in [5, 5.41) is 11.9. The number of carbonyl (C=O) groups is 2. The first-order valence-electron chi connectivity index (χ1n) is 16.2. The van der Waals surface area contributed by atoms with Crippen LogP contribution in [0.15, 0.2) is 138 Å². The number of benzene rings is 5. The Kier molecular flexibility index (Phi) is 10.3. The molecule has 0 aliphatic rings. The van der Waals surface area contributed by atoms with Gasteiger partial charge in [-0.3, -0.25) is 9.69 Å². The van der Waals surface area contributed by atoms with Gasteiger partial charge in [-0.2, -0.15) is 0 Å². The van der Waals surface area contributed by atoms with E-state index >= 15 is 0 Å². The molecule has 5 aromatic carbocycles. The number of aromatic hydroxyl groups is 1. The summed E-state index contributed by atoms with van der Waals surface area (Å²) in [5.74, 6) is -0.511. The lowest BCUT2D eigenvalue weighted by molar-refractivity contribution is -0.119. The van der Waals surface area contributed by atoms with Crippen LogP contribution in [-0.2, 0) is 22.6 Å². The molecule has 0 aliphatic carbocycles. The number of amides is 1. The maximum absolute atomic E-state index is 13.8. The van der Waals surface area contributed by atoms with Crippen molar-refractivity contribution in [3.8, 4) is 5.88 Å². The lowest BCUT2D eigenvalue weighted by Gasteiger charge is -2.26. The highest BCUT2D eigenvalue weighted by Crippen LogP contribution is 2.33. The van der Waals surface area contributed by atoms with Crippen LogP contribution in [-0.4, -0.2) is 52.8 Å². The van der Waals surface area contributed by atoms with Crippen LogP contribution < -0.4 is 4.90 Å². The van der Waals surface area contributed by atoms with Crippen LogP contribution >= 0.6 is 0 Å². The topological polar surface area (TPSA) is 98.2 Å². The zero-order chi connectivity index (χ0) is 34.2. The van der Waals surface area contributed by atoms with Crippen molar-refractivity contribution >= 4 is 39.9 Å². The number of hydrogen-bond acceptors (Lipinski definition) is 6. The van der Waals surface area contributed by atoms with E-state index in [1.807, 2.05) is 115 Å². The number of aromatic amines is 1. The number of fused-ring (bicyclic) bond motifs is 1. The molecule has 0 atom stereocenters. The predicted octanol–water partition coefficient (Wildman–Crippen LogP) is 7.88. The number of nitrogens with one attached hydrogen (secondary N) is 1. The fourth-order valence-corrected chi connectivity index (χ4v) is 5.82. The highest BCUT2D eigenvalue weighted by atomic mass is 16.5. The Morgan fingerprint density at radius 3 is 2.00 bits per heavy atom. The third-order valence-electron chi connectivity index (χ3n) is 8.16. The van der Waals surface area contributed by atoms with E-state index in [4.69, 9.17) is 9.73 Å². The summed E-state index contributed by atoms with van der Waals surface area (Å²) < 4.78 is 5.16. The second-order valence-corrected chi connectivity index (χ2v) is 11.8. The van der Waals surface area contributed by atoms with Crippen molar-refractivity contribution in [1.82, 2.24) is 9.88 Å². The molecule has 8 nitrogen and oxygen atoms in total. The van der Waals surface area contributed by atoms with Crippen molar-refractivity contribution in [1.29, 1.82) is 0 Å². The number of esters is 1. The van der Waals surface area contributed by atoms with E-state index in [2.05, 4.69) is 17.1 Å². The quantitative estimate of drug-likeness (QED) is 0.104. The zero-order valence-corrected chi connectivity index (χ0v) is 27.5. The second-order valence-electron chi connectivity index (χ2n) is 11.8. The standard InChI is InChI=1S/C41H38N4O4/c1-3-49-41(48)32-19-24-35-36(25-32)43-40(47)38(35)39(31-17-11-6-12-18-31)42-33-20-22-34(23-21-33)45(27-30-15-9-5-10-16-30)37(46)28-44(2)26-29-13-7-4-8-14-29/h4-25,43,47H,3,26-28H2,1-2H3. The molecular weight excluding hydrogens is 612 g/mol. The first-order valence-corrected chi connectivity index (χ1v) is 16.2. The third kappa shape index (κ3) is 7.94. The molecule has 6 aromatic rings.